The third kappa shape index (κ3) is 4.31. The number of benzene rings is 2. The summed E-state index contributed by atoms with van der Waals surface area (Å²) in [5, 5.41) is 19.0. The molecule has 134 valence electrons. The normalized spacial score (nSPS) is 12.2. The third-order valence-corrected chi connectivity index (χ3v) is 4.32. The summed E-state index contributed by atoms with van der Waals surface area (Å²) < 4.78 is 5.98. The van der Waals surface area contributed by atoms with Gasteiger partial charge in [0.25, 0.3) is 0 Å². The van der Waals surface area contributed by atoms with Crippen molar-refractivity contribution in [3.63, 3.8) is 0 Å². The van der Waals surface area contributed by atoms with Gasteiger partial charge in [-0.3, -0.25) is 4.79 Å². The summed E-state index contributed by atoms with van der Waals surface area (Å²) in [6.07, 6.45) is 0.275. The first-order valence-corrected chi connectivity index (χ1v) is 8.29. The van der Waals surface area contributed by atoms with Crippen LogP contribution >= 0.6 is 0 Å². The fraction of sp³-hybridized carbons (Fsp3) is 0.350. The Bertz CT molecular complexity index is 784. The molecule has 0 aromatic heterocycles. The summed E-state index contributed by atoms with van der Waals surface area (Å²) in [5.74, 6) is 0.796. The van der Waals surface area contributed by atoms with Gasteiger partial charge in [-0.05, 0) is 67.1 Å². The van der Waals surface area contributed by atoms with E-state index in [1.807, 2.05) is 39.8 Å². The van der Waals surface area contributed by atoms with E-state index in [1.54, 1.807) is 18.2 Å². The molecule has 5 heteroatoms. The number of aromatic hydroxyl groups is 1. The zero-order valence-electron chi connectivity index (χ0n) is 15.0. The van der Waals surface area contributed by atoms with Crippen LogP contribution in [0.1, 0.15) is 42.0 Å². The van der Waals surface area contributed by atoms with Gasteiger partial charge in [-0.25, -0.2) is 0 Å². The van der Waals surface area contributed by atoms with Crippen LogP contribution in [0.2, 0.25) is 0 Å². The van der Waals surface area contributed by atoms with Crippen molar-refractivity contribution in [3.8, 4) is 17.2 Å². The van der Waals surface area contributed by atoms with E-state index >= 15 is 0 Å². The van der Waals surface area contributed by atoms with Crippen LogP contribution in [0.3, 0.4) is 0 Å². The Morgan fingerprint density at radius 3 is 2.44 bits per heavy atom. The van der Waals surface area contributed by atoms with Crippen molar-refractivity contribution < 1.29 is 19.7 Å². The van der Waals surface area contributed by atoms with Crippen LogP contribution in [0.15, 0.2) is 30.3 Å². The molecule has 0 saturated carbocycles. The lowest BCUT2D eigenvalue weighted by atomic mass is 9.96. The van der Waals surface area contributed by atoms with E-state index in [9.17, 15) is 9.90 Å². The number of carboxylic acid groups (broad SMARTS) is 1. The number of hydrogen-bond donors (Lipinski definition) is 3. The van der Waals surface area contributed by atoms with Gasteiger partial charge in [0.05, 0.1) is 0 Å². The lowest BCUT2D eigenvalue weighted by molar-refractivity contribution is -0.138. The quantitative estimate of drug-likeness (QED) is 0.740. The Kier molecular flexibility index (Phi) is 5.69. The number of aliphatic carboxylic acids is 1. The highest BCUT2D eigenvalue weighted by atomic mass is 16.5. The molecule has 2 rings (SSSR count). The topological polar surface area (TPSA) is 92.8 Å². The van der Waals surface area contributed by atoms with Crippen LogP contribution in [-0.2, 0) is 11.2 Å². The molecule has 0 amide bonds. The number of carbonyl (C=O) groups is 1. The van der Waals surface area contributed by atoms with Crippen molar-refractivity contribution in [1.29, 1.82) is 0 Å². The standard InChI is InChI=1S/C20H25NO4/c1-11(2)19-13(4)18(8-7-17(19)22)25-15-6-5-14(12(3)9-15)10-16(21)20(23)24/h5-9,11,16,22H,10,21H2,1-4H3,(H,23,24). The third-order valence-electron chi connectivity index (χ3n) is 4.32. The van der Waals surface area contributed by atoms with Crippen LogP contribution in [0, 0.1) is 13.8 Å². The summed E-state index contributed by atoms with van der Waals surface area (Å²) in [6.45, 7) is 7.88. The van der Waals surface area contributed by atoms with E-state index in [1.165, 1.54) is 0 Å². The van der Waals surface area contributed by atoms with E-state index in [-0.39, 0.29) is 18.1 Å². The molecular weight excluding hydrogens is 318 g/mol. The molecule has 0 fully saturated rings. The van der Waals surface area contributed by atoms with Gasteiger partial charge in [0.2, 0.25) is 0 Å². The molecule has 0 saturated heterocycles. The molecule has 0 aliphatic rings. The smallest absolute Gasteiger partial charge is 0.320 e. The zero-order chi connectivity index (χ0) is 18.7. The molecule has 2 aromatic carbocycles. The van der Waals surface area contributed by atoms with Gasteiger partial charge >= 0.3 is 5.97 Å². The lowest BCUT2D eigenvalue weighted by Crippen LogP contribution is -2.32. The second kappa shape index (κ2) is 7.57. The highest BCUT2D eigenvalue weighted by Gasteiger charge is 2.16. The minimum atomic E-state index is -1.01. The number of rotatable bonds is 6. The van der Waals surface area contributed by atoms with E-state index in [4.69, 9.17) is 15.6 Å². The molecule has 25 heavy (non-hydrogen) atoms. The maximum absolute atomic E-state index is 10.9. The summed E-state index contributed by atoms with van der Waals surface area (Å²) in [7, 11) is 0. The van der Waals surface area contributed by atoms with Gasteiger partial charge < -0.3 is 20.7 Å². The molecule has 5 nitrogen and oxygen atoms in total. The number of carboxylic acids is 1. The highest BCUT2D eigenvalue weighted by molar-refractivity contribution is 5.73. The van der Waals surface area contributed by atoms with Crippen molar-refractivity contribution in [2.24, 2.45) is 5.73 Å². The number of hydrogen-bond acceptors (Lipinski definition) is 4. The van der Waals surface area contributed by atoms with Crippen LogP contribution in [0.25, 0.3) is 0 Å². The summed E-state index contributed by atoms with van der Waals surface area (Å²) >= 11 is 0. The van der Waals surface area contributed by atoms with Crippen molar-refractivity contribution >= 4 is 5.97 Å². The minimum absolute atomic E-state index is 0.185. The molecule has 1 unspecified atom stereocenters. The lowest BCUT2D eigenvalue weighted by Gasteiger charge is -2.17. The fourth-order valence-electron chi connectivity index (χ4n) is 2.95. The molecule has 0 aliphatic heterocycles. The molecular formula is C20H25NO4. The predicted molar refractivity (Wildman–Crippen MR) is 97.5 cm³/mol. The average Bonchev–Trinajstić information content (AvgIpc) is 2.52. The minimum Gasteiger partial charge on any atom is -0.508 e. The summed E-state index contributed by atoms with van der Waals surface area (Å²) in [6, 6.07) is 7.99. The van der Waals surface area contributed by atoms with Crippen molar-refractivity contribution in [1.82, 2.24) is 0 Å². The number of phenols is 1. The number of ether oxygens (including phenoxy) is 1. The molecule has 0 radical (unpaired) electrons. The first-order chi connectivity index (χ1) is 11.7. The van der Waals surface area contributed by atoms with Gasteiger partial charge in [-0.15, -0.1) is 0 Å². The van der Waals surface area contributed by atoms with Crippen LogP contribution in [-0.4, -0.2) is 22.2 Å². The molecule has 4 N–H and O–H groups in total. The Labute approximate surface area is 148 Å². The highest BCUT2D eigenvalue weighted by Crippen LogP contribution is 2.36. The van der Waals surface area contributed by atoms with Crippen LogP contribution in [0.4, 0.5) is 0 Å². The van der Waals surface area contributed by atoms with Crippen LogP contribution < -0.4 is 10.5 Å². The predicted octanol–water partition coefficient (Wildman–Crippen LogP) is 3.88. The number of aryl methyl sites for hydroxylation is 1. The second-order valence-electron chi connectivity index (χ2n) is 6.62. The molecule has 0 aliphatic carbocycles. The number of nitrogens with two attached hydrogens (primary N) is 1. The van der Waals surface area contributed by atoms with Gasteiger partial charge in [-0.1, -0.05) is 19.9 Å². The van der Waals surface area contributed by atoms with Crippen molar-refractivity contribution in [2.45, 2.75) is 46.1 Å². The van der Waals surface area contributed by atoms with E-state index in [0.29, 0.717) is 11.5 Å². The first-order valence-electron chi connectivity index (χ1n) is 8.29. The van der Waals surface area contributed by atoms with Gasteiger partial charge in [0, 0.05) is 5.56 Å². The van der Waals surface area contributed by atoms with Gasteiger partial charge in [0.1, 0.15) is 23.3 Å². The summed E-state index contributed by atoms with van der Waals surface area (Å²) in [5.41, 5.74) is 9.19. The largest absolute Gasteiger partial charge is 0.508 e. The first kappa shape index (κ1) is 18.8. The molecule has 0 heterocycles. The van der Waals surface area contributed by atoms with Crippen molar-refractivity contribution in [2.75, 3.05) is 0 Å². The average molecular weight is 343 g/mol. The van der Waals surface area contributed by atoms with E-state index < -0.39 is 12.0 Å². The van der Waals surface area contributed by atoms with E-state index in [0.717, 1.165) is 22.3 Å². The molecule has 2 aromatic rings. The van der Waals surface area contributed by atoms with Crippen molar-refractivity contribution in [3.05, 3.63) is 52.6 Å². The SMILES string of the molecule is Cc1cc(Oc2ccc(O)c(C(C)C)c2C)ccc1CC(N)C(=O)O. The Balaban J connectivity index is 2.26. The maximum Gasteiger partial charge on any atom is 0.320 e. The van der Waals surface area contributed by atoms with Crippen LogP contribution in [0.5, 0.6) is 17.2 Å². The molecule has 0 bridgehead atoms. The number of phenolic OH excluding ortho intramolecular Hbond substituents is 1. The monoisotopic (exact) mass is 343 g/mol. The Morgan fingerprint density at radius 2 is 1.88 bits per heavy atom. The van der Waals surface area contributed by atoms with Gasteiger partial charge in [-0.2, -0.15) is 0 Å². The van der Waals surface area contributed by atoms with Gasteiger partial charge in [0.15, 0.2) is 0 Å². The summed E-state index contributed by atoms with van der Waals surface area (Å²) in [4.78, 5) is 10.9. The Hall–Kier alpha value is -2.53. The Morgan fingerprint density at radius 1 is 1.20 bits per heavy atom. The van der Waals surface area contributed by atoms with E-state index in [2.05, 4.69) is 0 Å². The maximum atomic E-state index is 10.9. The molecule has 0 spiro atoms. The fourth-order valence-corrected chi connectivity index (χ4v) is 2.95. The second-order valence-corrected chi connectivity index (χ2v) is 6.62. The molecule has 1 atom stereocenters. The zero-order valence-corrected chi connectivity index (χ0v) is 15.0.